The van der Waals surface area contributed by atoms with Crippen LogP contribution in [0.1, 0.15) is 52.9 Å². The van der Waals surface area contributed by atoms with Crippen LogP contribution in [-0.2, 0) is 9.53 Å². The summed E-state index contributed by atoms with van der Waals surface area (Å²) in [4.78, 5) is 12.7. The fourth-order valence-corrected chi connectivity index (χ4v) is 1.63. The Morgan fingerprint density at radius 3 is 2.00 bits per heavy atom. The van der Waals surface area contributed by atoms with Crippen molar-refractivity contribution >= 4 is 6.47 Å². The highest BCUT2D eigenvalue weighted by Gasteiger charge is 2.16. The van der Waals surface area contributed by atoms with Crippen molar-refractivity contribution < 1.29 is 9.53 Å². The second-order valence-corrected chi connectivity index (χ2v) is 3.84. The van der Waals surface area contributed by atoms with Crippen LogP contribution in [0.2, 0.25) is 0 Å². The maximum atomic E-state index is 10.4. The van der Waals surface area contributed by atoms with Crippen LogP contribution in [0.4, 0.5) is 0 Å². The Kier molecular flexibility index (Phi) is 9.59. The number of rotatable bonds is 10. The number of unbranched alkanes of at least 4 members (excludes halogenated alkanes) is 2. The number of ether oxygens (including phenoxy) is 1. The fraction of sp³-hybridized carbons (Fsp3) is 0.917. The summed E-state index contributed by atoms with van der Waals surface area (Å²) in [6.45, 7) is 9.04. The van der Waals surface area contributed by atoms with Crippen LogP contribution in [0.3, 0.4) is 0 Å². The molecule has 0 spiro atoms. The number of carbonyl (C=O) groups is 1. The van der Waals surface area contributed by atoms with Crippen LogP contribution in [0.5, 0.6) is 0 Å². The van der Waals surface area contributed by atoms with Crippen molar-refractivity contribution in [2.45, 2.75) is 59.1 Å². The predicted molar refractivity (Wildman–Crippen MR) is 62.6 cm³/mol. The zero-order valence-electron chi connectivity index (χ0n) is 10.4. The van der Waals surface area contributed by atoms with Crippen molar-refractivity contribution in [3.05, 3.63) is 0 Å². The number of nitrogens with zero attached hydrogens (tertiary/aromatic N) is 1. The first-order valence-corrected chi connectivity index (χ1v) is 6.13. The predicted octanol–water partition coefficient (Wildman–Crippen LogP) is 2.80. The lowest BCUT2D eigenvalue weighted by atomic mass is 10.2. The molecule has 0 aliphatic heterocycles. The van der Waals surface area contributed by atoms with Crippen LogP contribution < -0.4 is 0 Å². The molecule has 0 bridgehead atoms. The van der Waals surface area contributed by atoms with Gasteiger partial charge >= 0.3 is 0 Å². The second kappa shape index (κ2) is 9.97. The van der Waals surface area contributed by atoms with E-state index in [2.05, 4.69) is 25.7 Å². The third-order valence-corrected chi connectivity index (χ3v) is 2.57. The molecule has 0 heterocycles. The van der Waals surface area contributed by atoms with Crippen molar-refractivity contribution in [2.24, 2.45) is 0 Å². The molecular formula is C12H25NO2. The minimum absolute atomic E-state index is 0.0272. The highest BCUT2D eigenvalue weighted by atomic mass is 16.5. The maximum absolute atomic E-state index is 10.4. The van der Waals surface area contributed by atoms with Gasteiger partial charge in [-0.15, -0.1) is 0 Å². The standard InChI is InChI=1S/C12H25NO2/c1-4-7-9-13(10-8-5-2)12(6-3)15-11-14/h11-12H,4-10H2,1-3H3. The van der Waals surface area contributed by atoms with Gasteiger partial charge in [0, 0.05) is 13.1 Å². The van der Waals surface area contributed by atoms with E-state index in [0.29, 0.717) is 6.47 Å². The average molecular weight is 215 g/mol. The summed E-state index contributed by atoms with van der Waals surface area (Å²) >= 11 is 0. The van der Waals surface area contributed by atoms with Crippen LogP contribution in [0.15, 0.2) is 0 Å². The smallest absolute Gasteiger partial charge is 0.294 e. The fourth-order valence-electron chi connectivity index (χ4n) is 1.63. The molecule has 1 atom stereocenters. The van der Waals surface area contributed by atoms with E-state index in [9.17, 15) is 4.79 Å². The first kappa shape index (κ1) is 14.4. The summed E-state index contributed by atoms with van der Waals surface area (Å²) in [5, 5.41) is 0. The monoisotopic (exact) mass is 215 g/mol. The quantitative estimate of drug-likeness (QED) is 0.414. The molecule has 3 nitrogen and oxygen atoms in total. The molecule has 1 unspecified atom stereocenters. The van der Waals surface area contributed by atoms with Crippen molar-refractivity contribution in [3.8, 4) is 0 Å². The molecule has 0 aliphatic rings. The Hall–Kier alpha value is -0.570. The van der Waals surface area contributed by atoms with Gasteiger partial charge in [0.1, 0.15) is 0 Å². The molecule has 0 aliphatic carbocycles. The summed E-state index contributed by atoms with van der Waals surface area (Å²) < 4.78 is 5.09. The molecule has 0 aromatic rings. The maximum Gasteiger partial charge on any atom is 0.294 e. The third-order valence-electron chi connectivity index (χ3n) is 2.57. The van der Waals surface area contributed by atoms with Crippen LogP contribution in [0.25, 0.3) is 0 Å². The highest BCUT2D eigenvalue weighted by molar-refractivity contribution is 5.37. The molecule has 0 fully saturated rings. The molecule has 0 saturated carbocycles. The number of hydrogen-bond donors (Lipinski definition) is 0. The Bertz CT molecular complexity index is 143. The van der Waals surface area contributed by atoms with Crippen molar-refractivity contribution in [1.82, 2.24) is 4.90 Å². The average Bonchev–Trinajstić information content (AvgIpc) is 2.27. The van der Waals surface area contributed by atoms with E-state index >= 15 is 0 Å². The number of carbonyl (C=O) groups excluding carboxylic acids is 1. The molecule has 90 valence electrons. The summed E-state index contributed by atoms with van der Waals surface area (Å²) in [7, 11) is 0. The Balaban J connectivity index is 4.08. The lowest BCUT2D eigenvalue weighted by molar-refractivity contribution is -0.144. The van der Waals surface area contributed by atoms with Gasteiger partial charge in [0.15, 0.2) is 6.23 Å². The van der Waals surface area contributed by atoms with Crippen molar-refractivity contribution in [1.29, 1.82) is 0 Å². The van der Waals surface area contributed by atoms with Gasteiger partial charge in [0.05, 0.1) is 0 Å². The lowest BCUT2D eigenvalue weighted by Crippen LogP contribution is -2.38. The Morgan fingerprint density at radius 1 is 1.13 bits per heavy atom. The van der Waals surface area contributed by atoms with E-state index in [0.717, 1.165) is 19.5 Å². The first-order chi connectivity index (χ1) is 7.29. The molecule has 0 aromatic heterocycles. The van der Waals surface area contributed by atoms with Gasteiger partial charge < -0.3 is 4.74 Å². The second-order valence-electron chi connectivity index (χ2n) is 3.84. The van der Waals surface area contributed by atoms with Crippen LogP contribution >= 0.6 is 0 Å². The van der Waals surface area contributed by atoms with Crippen LogP contribution in [-0.4, -0.2) is 30.7 Å². The van der Waals surface area contributed by atoms with E-state index in [-0.39, 0.29) is 6.23 Å². The van der Waals surface area contributed by atoms with E-state index in [1.54, 1.807) is 0 Å². The van der Waals surface area contributed by atoms with E-state index in [1.807, 2.05) is 0 Å². The highest BCUT2D eigenvalue weighted by Crippen LogP contribution is 2.08. The minimum atomic E-state index is -0.0272. The van der Waals surface area contributed by atoms with Gasteiger partial charge in [0.25, 0.3) is 6.47 Å². The Labute approximate surface area is 93.8 Å². The van der Waals surface area contributed by atoms with Crippen LogP contribution in [0, 0.1) is 0 Å². The summed E-state index contributed by atoms with van der Waals surface area (Å²) in [6.07, 6.45) is 5.54. The molecule has 0 aromatic carbocycles. The molecule has 3 heteroatoms. The zero-order valence-corrected chi connectivity index (χ0v) is 10.4. The van der Waals surface area contributed by atoms with Gasteiger partial charge in [-0.2, -0.15) is 0 Å². The SMILES string of the molecule is CCCCN(CCCC)C(CC)OC=O. The first-order valence-electron chi connectivity index (χ1n) is 6.13. The van der Waals surface area contributed by atoms with Crippen molar-refractivity contribution in [3.63, 3.8) is 0 Å². The zero-order chi connectivity index (χ0) is 11.5. The van der Waals surface area contributed by atoms with E-state index < -0.39 is 0 Å². The largest absolute Gasteiger partial charge is 0.449 e. The van der Waals surface area contributed by atoms with Gasteiger partial charge in [-0.3, -0.25) is 9.69 Å². The molecule has 15 heavy (non-hydrogen) atoms. The molecule has 0 saturated heterocycles. The summed E-state index contributed by atoms with van der Waals surface area (Å²) in [5.41, 5.74) is 0. The molecule has 0 amide bonds. The molecular weight excluding hydrogens is 190 g/mol. The minimum Gasteiger partial charge on any atom is -0.449 e. The normalized spacial score (nSPS) is 12.8. The van der Waals surface area contributed by atoms with E-state index in [4.69, 9.17) is 4.74 Å². The van der Waals surface area contributed by atoms with Gasteiger partial charge in [-0.25, -0.2) is 0 Å². The molecule has 0 rings (SSSR count). The van der Waals surface area contributed by atoms with Gasteiger partial charge in [-0.1, -0.05) is 33.6 Å². The topological polar surface area (TPSA) is 29.5 Å². The van der Waals surface area contributed by atoms with E-state index in [1.165, 1.54) is 25.7 Å². The summed E-state index contributed by atoms with van der Waals surface area (Å²) in [5.74, 6) is 0. The Morgan fingerprint density at radius 2 is 1.67 bits per heavy atom. The molecule has 0 radical (unpaired) electrons. The van der Waals surface area contributed by atoms with Crippen molar-refractivity contribution in [2.75, 3.05) is 13.1 Å². The molecule has 0 N–H and O–H groups in total. The van der Waals surface area contributed by atoms with Gasteiger partial charge in [-0.05, 0) is 19.3 Å². The summed E-state index contributed by atoms with van der Waals surface area (Å²) in [6, 6.07) is 0. The third kappa shape index (κ3) is 6.50. The van der Waals surface area contributed by atoms with Gasteiger partial charge in [0.2, 0.25) is 0 Å². The lowest BCUT2D eigenvalue weighted by Gasteiger charge is -2.29. The number of hydrogen-bond acceptors (Lipinski definition) is 3.